The van der Waals surface area contributed by atoms with Gasteiger partial charge in [-0.25, -0.2) is 0 Å². The zero-order valence-corrected chi connectivity index (χ0v) is 16.5. The molecular formula is C23H19N3O4. The number of aromatic nitrogens is 1. The molecule has 0 unspecified atom stereocenters. The number of oxazole rings is 1. The van der Waals surface area contributed by atoms with Gasteiger partial charge in [0.1, 0.15) is 29.9 Å². The average Bonchev–Trinajstić information content (AvgIpc) is 3.41. The quantitative estimate of drug-likeness (QED) is 0.440. The molecule has 2 aromatic heterocycles. The van der Waals surface area contributed by atoms with Crippen molar-refractivity contribution in [1.82, 2.24) is 4.98 Å². The van der Waals surface area contributed by atoms with Gasteiger partial charge in [0.05, 0.1) is 7.11 Å². The molecule has 0 saturated carbocycles. The molecule has 0 aliphatic carbocycles. The number of rotatable bonds is 7. The largest absolute Gasteiger partial charge is 0.497 e. The van der Waals surface area contributed by atoms with Crippen LogP contribution in [0.5, 0.6) is 11.5 Å². The van der Waals surface area contributed by atoms with E-state index in [4.69, 9.17) is 18.3 Å². The molecule has 0 radical (unpaired) electrons. The molecule has 0 bridgehead atoms. The van der Waals surface area contributed by atoms with Gasteiger partial charge in [0.25, 0.3) is 5.89 Å². The number of nitrogens with one attached hydrogen (secondary N) is 1. The van der Waals surface area contributed by atoms with Crippen LogP contribution in [0.2, 0.25) is 0 Å². The molecule has 0 amide bonds. The van der Waals surface area contributed by atoms with E-state index in [1.807, 2.05) is 49.4 Å². The predicted octanol–water partition coefficient (Wildman–Crippen LogP) is 5.45. The first-order valence-corrected chi connectivity index (χ1v) is 9.25. The van der Waals surface area contributed by atoms with Gasteiger partial charge in [-0.05, 0) is 55.5 Å². The second kappa shape index (κ2) is 8.45. The topological polar surface area (TPSA) is 93.4 Å². The summed E-state index contributed by atoms with van der Waals surface area (Å²) in [6.45, 7) is 2.29. The van der Waals surface area contributed by atoms with Crippen molar-refractivity contribution < 1.29 is 18.3 Å². The average molecular weight is 401 g/mol. The molecule has 2 aromatic carbocycles. The van der Waals surface area contributed by atoms with E-state index in [-0.39, 0.29) is 24.1 Å². The monoisotopic (exact) mass is 401 g/mol. The van der Waals surface area contributed by atoms with Gasteiger partial charge < -0.3 is 23.6 Å². The van der Waals surface area contributed by atoms with Gasteiger partial charge in [0.2, 0.25) is 11.6 Å². The minimum absolute atomic E-state index is 0.134. The number of methoxy groups -OCH3 is 1. The van der Waals surface area contributed by atoms with Crippen LogP contribution in [-0.2, 0) is 6.61 Å². The fourth-order valence-electron chi connectivity index (χ4n) is 2.75. The van der Waals surface area contributed by atoms with E-state index in [1.165, 1.54) is 5.56 Å². The Labute approximate surface area is 173 Å². The van der Waals surface area contributed by atoms with Crippen molar-refractivity contribution >= 4 is 11.6 Å². The Morgan fingerprint density at radius 2 is 1.70 bits per heavy atom. The summed E-state index contributed by atoms with van der Waals surface area (Å²) in [5.74, 6) is 2.97. The van der Waals surface area contributed by atoms with Crippen LogP contribution in [-0.4, -0.2) is 12.1 Å². The van der Waals surface area contributed by atoms with Gasteiger partial charge in [0, 0.05) is 5.69 Å². The lowest BCUT2D eigenvalue weighted by Gasteiger charge is -2.04. The summed E-state index contributed by atoms with van der Waals surface area (Å²) in [4.78, 5) is 4.22. The number of ether oxygens (including phenoxy) is 2. The fraction of sp³-hybridized carbons (Fsp3) is 0.130. The lowest BCUT2D eigenvalue weighted by Crippen LogP contribution is -1.93. The molecule has 2 heterocycles. The minimum Gasteiger partial charge on any atom is -0.497 e. The summed E-state index contributed by atoms with van der Waals surface area (Å²) in [7, 11) is 1.60. The minimum atomic E-state index is 0.134. The Hall–Kier alpha value is -4.18. The molecule has 4 aromatic rings. The maximum Gasteiger partial charge on any atom is 0.266 e. The van der Waals surface area contributed by atoms with E-state index < -0.39 is 0 Å². The molecule has 150 valence electrons. The zero-order valence-electron chi connectivity index (χ0n) is 16.5. The fourth-order valence-corrected chi connectivity index (χ4v) is 2.75. The van der Waals surface area contributed by atoms with Gasteiger partial charge in [-0.2, -0.15) is 10.2 Å². The SMILES string of the molecule is COc1ccc(Nc2oc(-c3ccc(COc4ccc(C)cc4)o3)nc2C#N)cc1. The van der Waals surface area contributed by atoms with Gasteiger partial charge >= 0.3 is 0 Å². The number of nitrogens with zero attached hydrogens (tertiary/aromatic N) is 2. The molecule has 30 heavy (non-hydrogen) atoms. The van der Waals surface area contributed by atoms with Crippen LogP contribution in [0.3, 0.4) is 0 Å². The van der Waals surface area contributed by atoms with Crippen molar-refractivity contribution in [2.75, 3.05) is 12.4 Å². The Balaban J connectivity index is 1.47. The van der Waals surface area contributed by atoms with E-state index in [0.717, 1.165) is 17.2 Å². The third-order valence-corrected chi connectivity index (χ3v) is 4.36. The van der Waals surface area contributed by atoms with Crippen molar-refractivity contribution in [1.29, 1.82) is 5.26 Å². The molecule has 4 rings (SSSR count). The highest BCUT2D eigenvalue weighted by atomic mass is 16.5. The van der Waals surface area contributed by atoms with E-state index in [0.29, 0.717) is 11.5 Å². The highest BCUT2D eigenvalue weighted by Gasteiger charge is 2.18. The molecule has 0 atom stereocenters. The smallest absolute Gasteiger partial charge is 0.266 e. The van der Waals surface area contributed by atoms with Gasteiger partial charge in [-0.15, -0.1) is 0 Å². The molecular weight excluding hydrogens is 382 g/mol. The summed E-state index contributed by atoms with van der Waals surface area (Å²) in [5, 5.41) is 12.4. The van der Waals surface area contributed by atoms with Gasteiger partial charge in [0.15, 0.2) is 5.76 Å². The third-order valence-electron chi connectivity index (χ3n) is 4.36. The van der Waals surface area contributed by atoms with Crippen molar-refractivity contribution in [3.63, 3.8) is 0 Å². The van der Waals surface area contributed by atoms with Crippen LogP contribution in [0.25, 0.3) is 11.7 Å². The number of furan rings is 1. The van der Waals surface area contributed by atoms with Gasteiger partial charge in [-0.3, -0.25) is 0 Å². The maximum atomic E-state index is 9.39. The molecule has 0 fully saturated rings. The first-order chi connectivity index (χ1) is 14.6. The van der Waals surface area contributed by atoms with Crippen molar-refractivity contribution in [2.45, 2.75) is 13.5 Å². The molecule has 0 aliphatic heterocycles. The second-order valence-corrected chi connectivity index (χ2v) is 6.53. The molecule has 7 heteroatoms. The van der Waals surface area contributed by atoms with Crippen LogP contribution >= 0.6 is 0 Å². The number of hydrogen-bond acceptors (Lipinski definition) is 7. The highest BCUT2D eigenvalue weighted by Crippen LogP contribution is 2.29. The van der Waals surface area contributed by atoms with Gasteiger partial charge in [-0.1, -0.05) is 17.7 Å². The number of hydrogen-bond donors (Lipinski definition) is 1. The number of nitriles is 1. The highest BCUT2D eigenvalue weighted by molar-refractivity contribution is 5.62. The number of aryl methyl sites for hydroxylation is 1. The molecule has 1 N–H and O–H groups in total. The predicted molar refractivity (Wildman–Crippen MR) is 111 cm³/mol. The first kappa shape index (κ1) is 19.2. The summed E-state index contributed by atoms with van der Waals surface area (Å²) in [6.07, 6.45) is 0. The summed E-state index contributed by atoms with van der Waals surface area (Å²) in [5.41, 5.74) is 2.04. The lowest BCUT2D eigenvalue weighted by molar-refractivity contribution is 0.271. The third kappa shape index (κ3) is 4.28. The molecule has 0 spiro atoms. The van der Waals surface area contributed by atoms with Crippen LogP contribution in [0.4, 0.5) is 11.6 Å². The van der Waals surface area contributed by atoms with Crippen molar-refractivity contribution in [3.05, 3.63) is 77.7 Å². The molecule has 0 saturated heterocycles. The number of anilines is 2. The first-order valence-electron chi connectivity index (χ1n) is 9.25. The van der Waals surface area contributed by atoms with Crippen LogP contribution < -0.4 is 14.8 Å². The second-order valence-electron chi connectivity index (χ2n) is 6.53. The Morgan fingerprint density at radius 1 is 0.967 bits per heavy atom. The Bertz CT molecular complexity index is 1170. The van der Waals surface area contributed by atoms with E-state index in [1.54, 1.807) is 31.4 Å². The summed E-state index contributed by atoms with van der Waals surface area (Å²) >= 11 is 0. The van der Waals surface area contributed by atoms with E-state index in [9.17, 15) is 5.26 Å². The normalized spacial score (nSPS) is 10.4. The summed E-state index contributed by atoms with van der Waals surface area (Å²) < 4.78 is 22.4. The van der Waals surface area contributed by atoms with E-state index in [2.05, 4.69) is 10.3 Å². The van der Waals surface area contributed by atoms with Crippen molar-refractivity contribution in [3.8, 4) is 29.2 Å². The van der Waals surface area contributed by atoms with E-state index >= 15 is 0 Å². The Kier molecular flexibility index (Phi) is 5.39. The maximum absolute atomic E-state index is 9.39. The molecule has 7 nitrogen and oxygen atoms in total. The molecule has 0 aliphatic rings. The lowest BCUT2D eigenvalue weighted by atomic mass is 10.2. The van der Waals surface area contributed by atoms with Crippen LogP contribution in [0.1, 0.15) is 17.0 Å². The van der Waals surface area contributed by atoms with Crippen LogP contribution in [0, 0.1) is 18.3 Å². The van der Waals surface area contributed by atoms with Crippen molar-refractivity contribution in [2.24, 2.45) is 0 Å². The Morgan fingerprint density at radius 3 is 2.40 bits per heavy atom. The number of benzene rings is 2. The van der Waals surface area contributed by atoms with Crippen LogP contribution in [0.15, 0.2) is 69.5 Å². The zero-order chi connectivity index (χ0) is 20.9. The summed E-state index contributed by atoms with van der Waals surface area (Å²) in [6, 6.07) is 20.6. The standard InChI is InChI=1S/C23H19N3O4/c1-15-3-7-18(8-4-15)28-14-19-11-12-21(29-19)23-26-20(13-24)22(30-23)25-16-5-9-17(27-2)10-6-16/h3-12,25H,14H2,1-2H3.